The summed E-state index contributed by atoms with van der Waals surface area (Å²) in [5, 5.41) is 0. The van der Waals surface area contributed by atoms with Gasteiger partial charge < -0.3 is 0 Å². The number of nitrogens with zero attached hydrogens (tertiary/aromatic N) is 2. The van der Waals surface area contributed by atoms with Gasteiger partial charge in [-0.25, -0.2) is 4.98 Å². The van der Waals surface area contributed by atoms with Crippen molar-refractivity contribution in [2.24, 2.45) is 0 Å². The summed E-state index contributed by atoms with van der Waals surface area (Å²) < 4.78 is 2.12. The van der Waals surface area contributed by atoms with Gasteiger partial charge in [-0.3, -0.25) is 4.57 Å². The zero-order chi connectivity index (χ0) is 11.7. The first kappa shape index (κ1) is 10.1. The molecule has 0 atom stereocenters. The summed E-state index contributed by atoms with van der Waals surface area (Å²) in [5.41, 5.74) is 4.71. The Morgan fingerprint density at radius 1 is 1.00 bits per heavy atom. The Morgan fingerprint density at radius 3 is 2.53 bits per heavy atom. The molecule has 2 heteroatoms. The van der Waals surface area contributed by atoms with Gasteiger partial charge in [0.2, 0.25) is 0 Å². The highest BCUT2D eigenvalue weighted by Crippen LogP contribution is 2.18. The van der Waals surface area contributed by atoms with Crippen molar-refractivity contribution in [3.8, 4) is 5.69 Å². The lowest BCUT2D eigenvalue weighted by Crippen LogP contribution is -1.92. The van der Waals surface area contributed by atoms with Crippen molar-refractivity contribution >= 4 is 11.0 Å². The van der Waals surface area contributed by atoms with Crippen LogP contribution in [-0.4, -0.2) is 9.55 Å². The molecule has 3 rings (SSSR count). The van der Waals surface area contributed by atoms with Crippen LogP contribution in [0.2, 0.25) is 0 Å². The molecule has 2 nitrogen and oxygen atoms in total. The minimum atomic E-state index is 1.03. The van der Waals surface area contributed by atoms with E-state index in [1.807, 2.05) is 24.5 Å². The molecule has 17 heavy (non-hydrogen) atoms. The maximum Gasteiger partial charge on any atom is 0.100 e. The predicted molar refractivity (Wildman–Crippen MR) is 70.4 cm³/mol. The number of aromatic nitrogens is 2. The van der Waals surface area contributed by atoms with Gasteiger partial charge in [-0.2, -0.15) is 0 Å². The molecule has 1 aromatic heterocycles. The molecule has 0 saturated heterocycles. The summed E-state index contributed by atoms with van der Waals surface area (Å²) in [5.74, 6) is 0. The molecule has 84 valence electrons. The Kier molecular flexibility index (Phi) is 2.41. The number of aryl methyl sites for hydroxylation is 1. The first-order chi connectivity index (χ1) is 8.38. The van der Waals surface area contributed by atoms with Crippen LogP contribution in [0.5, 0.6) is 0 Å². The third kappa shape index (κ3) is 1.72. The largest absolute Gasteiger partial charge is 0.299 e. The molecule has 0 aliphatic heterocycles. The SMILES string of the molecule is CCc1ccc(-n2cnc3ccccc32)cc1. The molecule has 0 unspecified atom stereocenters. The van der Waals surface area contributed by atoms with Gasteiger partial charge in [-0.05, 0) is 36.2 Å². The zero-order valence-corrected chi connectivity index (χ0v) is 9.80. The lowest BCUT2D eigenvalue weighted by atomic mass is 10.1. The van der Waals surface area contributed by atoms with Gasteiger partial charge in [0.25, 0.3) is 0 Å². The van der Waals surface area contributed by atoms with Crippen LogP contribution >= 0.6 is 0 Å². The van der Waals surface area contributed by atoms with E-state index in [1.165, 1.54) is 5.56 Å². The van der Waals surface area contributed by atoms with E-state index < -0.39 is 0 Å². The summed E-state index contributed by atoms with van der Waals surface area (Å²) in [6, 6.07) is 16.8. The molecule has 0 fully saturated rings. The lowest BCUT2D eigenvalue weighted by Gasteiger charge is -2.05. The molecule has 1 heterocycles. The number of rotatable bonds is 2. The lowest BCUT2D eigenvalue weighted by molar-refractivity contribution is 1.08. The minimum Gasteiger partial charge on any atom is -0.299 e. The van der Waals surface area contributed by atoms with E-state index in [-0.39, 0.29) is 0 Å². The number of para-hydroxylation sites is 2. The van der Waals surface area contributed by atoms with Crippen LogP contribution in [0.4, 0.5) is 0 Å². The predicted octanol–water partition coefficient (Wildman–Crippen LogP) is 3.59. The van der Waals surface area contributed by atoms with Gasteiger partial charge in [0.1, 0.15) is 6.33 Å². The fraction of sp³-hybridized carbons (Fsp3) is 0.133. The van der Waals surface area contributed by atoms with E-state index >= 15 is 0 Å². The standard InChI is InChI=1S/C15H14N2/c1-2-12-7-9-13(10-8-12)17-11-16-14-5-3-4-6-15(14)17/h3-11H,2H2,1H3. The summed E-state index contributed by atoms with van der Waals surface area (Å²) in [6.45, 7) is 2.17. The van der Waals surface area contributed by atoms with E-state index in [0.29, 0.717) is 0 Å². The molecule has 0 aliphatic rings. The van der Waals surface area contributed by atoms with E-state index in [4.69, 9.17) is 0 Å². The molecule has 0 N–H and O–H groups in total. The van der Waals surface area contributed by atoms with Crippen molar-refractivity contribution in [3.05, 3.63) is 60.4 Å². The molecular formula is C15H14N2. The Balaban J connectivity index is 2.13. The Labute approximate surface area is 101 Å². The average Bonchev–Trinajstić information content (AvgIpc) is 2.83. The minimum absolute atomic E-state index is 1.03. The van der Waals surface area contributed by atoms with Crippen LogP contribution in [0, 0.1) is 0 Å². The fourth-order valence-corrected chi connectivity index (χ4v) is 2.06. The quantitative estimate of drug-likeness (QED) is 0.648. The number of fused-ring (bicyclic) bond motifs is 1. The van der Waals surface area contributed by atoms with Crippen LogP contribution < -0.4 is 0 Å². The first-order valence-corrected chi connectivity index (χ1v) is 5.90. The molecular weight excluding hydrogens is 208 g/mol. The monoisotopic (exact) mass is 222 g/mol. The summed E-state index contributed by atoms with van der Waals surface area (Å²) in [6.07, 6.45) is 2.95. The molecule has 2 aromatic carbocycles. The highest BCUT2D eigenvalue weighted by molar-refractivity contribution is 5.77. The Hall–Kier alpha value is -2.09. The van der Waals surface area contributed by atoms with E-state index in [0.717, 1.165) is 23.1 Å². The highest BCUT2D eigenvalue weighted by Gasteiger charge is 2.02. The van der Waals surface area contributed by atoms with Crippen LogP contribution in [0.3, 0.4) is 0 Å². The van der Waals surface area contributed by atoms with Gasteiger partial charge in [0, 0.05) is 5.69 Å². The zero-order valence-electron chi connectivity index (χ0n) is 9.80. The Morgan fingerprint density at radius 2 is 1.76 bits per heavy atom. The second-order valence-electron chi connectivity index (χ2n) is 4.12. The highest BCUT2D eigenvalue weighted by atomic mass is 15.0. The van der Waals surface area contributed by atoms with Crippen molar-refractivity contribution in [2.45, 2.75) is 13.3 Å². The van der Waals surface area contributed by atoms with Crippen LogP contribution in [0.25, 0.3) is 16.7 Å². The summed E-state index contributed by atoms with van der Waals surface area (Å²) in [4.78, 5) is 4.40. The Bertz CT molecular complexity index is 635. The third-order valence-corrected chi connectivity index (χ3v) is 3.08. The van der Waals surface area contributed by atoms with E-state index in [1.54, 1.807) is 0 Å². The van der Waals surface area contributed by atoms with Crippen molar-refractivity contribution < 1.29 is 0 Å². The first-order valence-electron chi connectivity index (χ1n) is 5.90. The normalized spacial score (nSPS) is 10.9. The maximum absolute atomic E-state index is 4.40. The summed E-state index contributed by atoms with van der Waals surface area (Å²) >= 11 is 0. The molecule has 3 aromatic rings. The van der Waals surface area contributed by atoms with Crippen molar-refractivity contribution in [1.29, 1.82) is 0 Å². The topological polar surface area (TPSA) is 17.8 Å². The van der Waals surface area contributed by atoms with Crippen LogP contribution in [0.1, 0.15) is 12.5 Å². The smallest absolute Gasteiger partial charge is 0.100 e. The van der Waals surface area contributed by atoms with Crippen molar-refractivity contribution in [1.82, 2.24) is 9.55 Å². The van der Waals surface area contributed by atoms with Crippen molar-refractivity contribution in [3.63, 3.8) is 0 Å². The fourth-order valence-electron chi connectivity index (χ4n) is 2.06. The van der Waals surface area contributed by atoms with Gasteiger partial charge >= 0.3 is 0 Å². The molecule has 0 saturated carbocycles. The second-order valence-corrected chi connectivity index (χ2v) is 4.12. The number of benzene rings is 2. The number of hydrogen-bond donors (Lipinski definition) is 0. The average molecular weight is 222 g/mol. The van der Waals surface area contributed by atoms with Gasteiger partial charge in [0.15, 0.2) is 0 Å². The third-order valence-electron chi connectivity index (χ3n) is 3.08. The van der Waals surface area contributed by atoms with E-state index in [9.17, 15) is 0 Å². The molecule has 0 aliphatic carbocycles. The molecule has 0 amide bonds. The molecule has 0 spiro atoms. The second kappa shape index (κ2) is 4.06. The van der Waals surface area contributed by atoms with Gasteiger partial charge in [0.05, 0.1) is 11.0 Å². The number of imidazole rings is 1. The van der Waals surface area contributed by atoms with Crippen LogP contribution in [0.15, 0.2) is 54.9 Å². The summed E-state index contributed by atoms with van der Waals surface area (Å²) in [7, 11) is 0. The van der Waals surface area contributed by atoms with E-state index in [2.05, 4.69) is 46.8 Å². The maximum atomic E-state index is 4.40. The number of hydrogen-bond acceptors (Lipinski definition) is 1. The van der Waals surface area contributed by atoms with Crippen LogP contribution in [-0.2, 0) is 6.42 Å². The molecule has 0 radical (unpaired) electrons. The molecule has 0 bridgehead atoms. The van der Waals surface area contributed by atoms with Crippen molar-refractivity contribution in [2.75, 3.05) is 0 Å². The van der Waals surface area contributed by atoms with Gasteiger partial charge in [-0.15, -0.1) is 0 Å². The van der Waals surface area contributed by atoms with Gasteiger partial charge in [-0.1, -0.05) is 31.2 Å².